The normalized spacial score (nSPS) is 14.8. The van der Waals surface area contributed by atoms with Crippen LogP contribution in [0.25, 0.3) is 10.7 Å². The number of nitrogens with one attached hydrogen (secondary N) is 1. The summed E-state index contributed by atoms with van der Waals surface area (Å²) in [6.07, 6.45) is -3.22. The van der Waals surface area contributed by atoms with Crippen LogP contribution in [0.4, 0.5) is 35.0 Å². The molecule has 5 rings (SSSR count). The van der Waals surface area contributed by atoms with E-state index < -0.39 is 22.1 Å². The summed E-state index contributed by atoms with van der Waals surface area (Å²) >= 11 is 1.40. The number of alkyl halides is 3. The Morgan fingerprint density at radius 2 is 1.64 bits per heavy atom. The Kier molecular flexibility index (Phi) is 7.38. The first-order chi connectivity index (χ1) is 18.6. The molecule has 0 amide bonds. The summed E-state index contributed by atoms with van der Waals surface area (Å²) in [7, 11) is -3.95. The van der Waals surface area contributed by atoms with Crippen LogP contribution < -0.4 is 15.0 Å². The second kappa shape index (κ2) is 10.7. The number of hydrogen-bond acceptors (Lipinski definition) is 9. The van der Waals surface area contributed by atoms with Crippen molar-refractivity contribution in [2.75, 3.05) is 36.4 Å². The molecule has 1 aliphatic heterocycles. The number of halogens is 4. The smallest absolute Gasteiger partial charge is 0.406 e. The van der Waals surface area contributed by atoms with Crippen molar-refractivity contribution < 1.29 is 30.7 Å². The molecule has 0 atom stereocenters. The van der Waals surface area contributed by atoms with Crippen molar-refractivity contribution >= 4 is 38.8 Å². The highest BCUT2D eigenvalue weighted by molar-refractivity contribution is 7.89. The van der Waals surface area contributed by atoms with E-state index in [0.717, 1.165) is 24.3 Å². The fourth-order valence-corrected chi connectivity index (χ4v) is 5.89. The Labute approximate surface area is 224 Å². The van der Waals surface area contributed by atoms with Gasteiger partial charge in [0.25, 0.3) is 0 Å². The van der Waals surface area contributed by atoms with Gasteiger partial charge in [0.2, 0.25) is 16.0 Å². The molecule has 204 valence electrons. The monoisotopic (exact) mass is 580 g/mol. The van der Waals surface area contributed by atoms with Crippen LogP contribution >= 0.6 is 11.3 Å². The molecule has 2 aromatic heterocycles. The summed E-state index contributed by atoms with van der Waals surface area (Å²) in [5, 5.41) is 5.61. The third kappa shape index (κ3) is 6.43. The van der Waals surface area contributed by atoms with Crippen molar-refractivity contribution in [1.29, 1.82) is 0 Å². The van der Waals surface area contributed by atoms with Gasteiger partial charge >= 0.3 is 6.36 Å². The van der Waals surface area contributed by atoms with E-state index in [-0.39, 0.29) is 36.9 Å². The number of ether oxygens (including phenoxy) is 1. The fraction of sp³-hybridized carbons (Fsp3) is 0.208. The van der Waals surface area contributed by atoms with Crippen LogP contribution in [0.15, 0.2) is 71.1 Å². The van der Waals surface area contributed by atoms with Gasteiger partial charge in [0, 0.05) is 49.5 Å². The molecule has 3 heterocycles. The van der Waals surface area contributed by atoms with Crippen LogP contribution in [-0.2, 0) is 10.0 Å². The minimum Gasteiger partial charge on any atom is -0.406 e. The zero-order chi connectivity index (χ0) is 27.6. The predicted molar refractivity (Wildman–Crippen MR) is 137 cm³/mol. The van der Waals surface area contributed by atoms with Crippen molar-refractivity contribution in [3.63, 3.8) is 0 Å². The highest BCUT2D eigenvalue weighted by atomic mass is 32.2. The van der Waals surface area contributed by atoms with Crippen LogP contribution in [-0.4, -0.2) is 60.2 Å². The molecule has 4 aromatic rings. The molecule has 1 aliphatic rings. The first-order valence-corrected chi connectivity index (χ1v) is 13.8. The second-order valence-corrected chi connectivity index (χ2v) is 11.2. The van der Waals surface area contributed by atoms with Gasteiger partial charge < -0.3 is 15.0 Å². The van der Waals surface area contributed by atoms with Crippen LogP contribution in [0.2, 0.25) is 0 Å². The largest absolute Gasteiger partial charge is 0.573 e. The molecule has 15 heteroatoms. The number of sulfonamides is 1. The van der Waals surface area contributed by atoms with E-state index in [1.165, 1.54) is 27.8 Å². The number of thiazole rings is 1. The number of nitrogens with zero attached hydrogens (tertiary/aromatic N) is 5. The third-order valence-corrected chi connectivity index (χ3v) is 8.41. The standard InChI is InChI=1S/C24H20F4N6O3S2/c25-16-1-3-17(4-2-16)30-21-15-20(22-29-9-14-38-22)31-23(32-21)33-10-12-34(13-11-33)39(35,36)19-7-5-18(6-8-19)37-24(26,27)28/h1-9,14-15H,10-13H2,(H,30,31,32). The first-order valence-electron chi connectivity index (χ1n) is 11.5. The van der Waals surface area contributed by atoms with Gasteiger partial charge in [0.1, 0.15) is 28.1 Å². The van der Waals surface area contributed by atoms with Crippen LogP contribution in [0.5, 0.6) is 5.75 Å². The molecular formula is C24H20F4N6O3S2. The Bertz CT molecular complexity index is 1530. The van der Waals surface area contributed by atoms with Gasteiger partial charge in [0.15, 0.2) is 0 Å². The topological polar surface area (TPSA) is 101 Å². The Morgan fingerprint density at radius 3 is 2.26 bits per heavy atom. The molecule has 0 saturated carbocycles. The molecule has 0 radical (unpaired) electrons. The first kappa shape index (κ1) is 26.8. The quantitative estimate of drug-likeness (QED) is 0.309. The van der Waals surface area contributed by atoms with E-state index >= 15 is 0 Å². The minimum absolute atomic E-state index is 0.106. The minimum atomic E-state index is -4.87. The highest BCUT2D eigenvalue weighted by Gasteiger charge is 2.32. The second-order valence-electron chi connectivity index (χ2n) is 8.32. The van der Waals surface area contributed by atoms with Gasteiger partial charge in [-0.15, -0.1) is 24.5 Å². The molecule has 1 fully saturated rings. The van der Waals surface area contributed by atoms with E-state index in [1.54, 1.807) is 24.4 Å². The summed E-state index contributed by atoms with van der Waals surface area (Å²) in [6.45, 7) is 0.751. The van der Waals surface area contributed by atoms with E-state index in [1.807, 2.05) is 10.3 Å². The van der Waals surface area contributed by atoms with E-state index in [9.17, 15) is 26.0 Å². The summed E-state index contributed by atoms with van der Waals surface area (Å²) in [4.78, 5) is 15.2. The maximum absolute atomic E-state index is 13.3. The van der Waals surface area contributed by atoms with Crippen molar-refractivity contribution in [1.82, 2.24) is 19.3 Å². The lowest BCUT2D eigenvalue weighted by Crippen LogP contribution is -2.49. The van der Waals surface area contributed by atoms with Crippen molar-refractivity contribution in [3.8, 4) is 16.5 Å². The third-order valence-electron chi connectivity index (χ3n) is 5.70. The maximum atomic E-state index is 13.3. The molecule has 0 aliphatic carbocycles. The van der Waals surface area contributed by atoms with E-state index in [2.05, 4.69) is 25.0 Å². The Hall–Kier alpha value is -3.82. The number of anilines is 3. The lowest BCUT2D eigenvalue weighted by molar-refractivity contribution is -0.274. The Balaban J connectivity index is 1.32. The molecule has 1 saturated heterocycles. The average molecular weight is 581 g/mol. The maximum Gasteiger partial charge on any atom is 0.573 e. The molecular weight excluding hydrogens is 560 g/mol. The van der Waals surface area contributed by atoms with Gasteiger partial charge in [-0.05, 0) is 48.5 Å². The van der Waals surface area contributed by atoms with Gasteiger partial charge in [-0.1, -0.05) is 0 Å². The summed E-state index contributed by atoms with van der Waals surface area (Å²) in [6, 6.07) is 11.6. The zero-order valence-electron chi connectivity index (χ0n) is 20.0. The molecule has 1 N–H and O–H groups in total. The van der Waals surface area contributed by atoms with Gasteiger partial charge in [0.05, 0.1) is 4.90 Å². The van der Waals surface area contributed by atoms with E-state index in [4.69, 9.17) is 0 Å². The molecule has 9 nitrogen and oxygen atoms in total. The molecule has 0 spiro atoms. The lowest BCUT2D eigenvalue weighted by Gasteiger charge is -2.34. The number of hydrogen-bond donors (Lipinski definition) is 1. The van der Waals surface area contributed by atoms with Crippen LogP contribution in [0.1, 0.15) is 0 Å². The van der Waals surface area contributed by atoms with Crippen LogP contribution in [0.3, 0.4) is 0 Å². The molecule has 39 heavy (non-hydrogen) atoms. The Morgan fingerprint density at radius 1 is 0.949 bits per heavy atom. The number of aromatic nitrogens is 3. The SMILES string of the molecule is O=S(=O)(c1ccc(OC(F)(F)F)cc1)N1CCN(c2nc(Nc3ccc(F)cc3)cc(-c3nccs3)n2)CC1. The zero-order valence-corrected chi connectivity index (χ0v) is 21.6. The lowest BCUT2D eigenvalue weighted by atomic mass is 10.3. The van der Waals surface area contributed by atoms with Crippen molar-refractivity contribution in [3.05, 3.63) is 72.0 Å². The molecule has 2 aromatic carbocycles. The number of piperazine rings is 1. The van der Waals surface area contributed by atoms with Gasteiger partial charge in [-0.3, -0.25) is 0 Å². The van der Waals surface area contributed by atoms with Crippen LogP contribution in [0, 0.1) is 5.82 Å². The number of rotatable bonds is 7. The fourth-order valence-electron chi connectivity index (χ4n) is 3.87. The van der Waals surface area contributed by atoms with Crippen molar-refractivity contribution in [2.24, 2.45) is 0 Å². The number of benzene rings is 2. The summed E-state index contributed by atoms with van der Waals surface area (Å²) in [5.74, 6) is -0.0644. The predicted octanol–water partition coefficient (Wildman–Crippen LogP) is 4.89. The molecule has 0 unspecified atom stereocenters. The van der Waals surface area contributed by atoms with Gasteiger partial charge in [-0.25, -0.2) is 22.8 Å². The highest BCUT2D eigenvalue weighted by Crippen LogP contribution is 2.29. The van der Waals surface area contributed by atoms with E-state index in [0.29, 0.717) is 28.2 Å². The summed E-state index contributed by atoms with van der Waals surface area (Å²) in [5.41, 5.74) is 1.18. The molecule has 0 bridgehead atoms. The average Bonchev–Trinajstić information content (AvgIpc) is 3.45. The summed E-state index contributed by atoms with van der Waals surface area (Å²) < 4.78 is 81.8. The van der Waals surface area contributed by atoms with Gasteiger partial charge in [-0.2, -0.15) is 9.29 Å². The van der Waals surface area contributed by atoms with Crippen molar-refractivity contribution in [2.45, 2.75) is 11.3 Å².